The number of hydrogen-bond donors (Lipinski definition) is 0. The van der Waals surface area contributed by atoms with Crippen molar-refractivity contribution in [2.24, 2.45) is 0 Å². The highest BCUT2D eigenvalue weighted by atomic mass is 32.1. The molecule has 0 N–H and O–H groups in total. The first-order valence-electron chi connectivity index (χ1n) is 3.94. The zero-order chi connectivity index (χ0) is 8.93. The molecule has 0 spiro atoms. The molecule has 2 aromatic rings. The van der Waals surface area contributed by atoms with E-state index in [9.17, 15) is 0 Å². The predicted octanol–water partition coefficient (Wildman–Crippen LogP) is 2.71. The minimum absolute atomic E-state index is 0.885. The van der Waals surface area contributed by atoms with Crippen LogP contribution >= 0.6 is 11.3 Å². The molecule has 0 bridgehead atoms. The normalized spacial score (nSPS) is 10.8. The van der Waals surface area contributed by atoms with Gasteiger partial charge < -0.3 is 0 Å². The Kier molecular flexibility index (Phi) is 2.48. The molecule has 2 heterocycles. The third kappa shape index (κ3) is 2.23. The van der Waals surface area contributed by atoms with Crippen LogP contribution in [-0.2, 0) is 0 Å². The van der Waals surface area contributed by atoms with Crippen LogP contribution in [0, 0.1) is 0 Å². The third-order valence-corrected chi connectivity index (χ3v) is 2.39. The zero-order valence-electron chi connectivity index (χ0n) is 6.92. The molecule has 2 rings (SSSR count). The number of hydrogen-bond acceptors (Lipinski definition) is 3. The molecule has 0 amide bonds. The number of rotatable bonds is 2. The maximum absolute atomic E-state index is 3.95. The maximum atomic E-state index is 3.95. The second-order valence-corrected chi connectivity index (χ2v) is 3.48. The van der Waals surface area contributed by atoms with Gasteiger partial charge in [-0.1, -0.05) is 6.07 Å². The van der Waals surface area contributed by atoms with E-state index < -0.39 is 0 Å². The Bertz CT molecular complexity index is 379. The van der Waals surface area contributed by atoms with Gasteiger partial charge >= 0.3 is 0 Å². The molecule has 0 unspecified atom stereocenters. The van der Waals surface area contributed by atoms with Crippen molar-refractivity contribution < 1.29 is 0 Å². The van der Waals surface area contributed by atoms with E-state index >= 15 is 0 Å². The van der Waals surface area contributed by atoms with Crippen molar-refractivity contribution in [3.63, 3.8) is 0 Å². The van der Waals surface area contributed by atoms with Crippen LogP contribution in [0.3, 0.4) is 0 Å². The van der Waals surface area contributed by atoms with Crippen molar-refractivity contribution in [2.75, 3.05) is 0 Å². The van der Waals surface area contributed by atoms with Crippen LogP contribution < -0.4 is 0 Å². The molecule has 0 aliphatic rings. The van der Waals surface area contributed by atoms with Gasteiger partial charge in [0.1, 0.15) is 0 Å². The van der Waals surface area contributed by atoms with Gasteiger partial charge in [-0.25, -0.2) is 0 Å². The van der Waals surface area contributed by atoms with E-state index in [0.29, 0.717) is 0 Å². The minimum atomic E-state index is 0.885. The summed E-state index contributed by atoms with van der Waals surface area (Å²) in [6.45, 7) is 0. The SMILES string of the molecule is C(=C\c1cccs1)/c1cccnn1. The van der Waals surface area contributed by atoms with Crippen LogP contribution in [0.25, 0.3) is 12.2 Å². The van der Waals surface area contributed by atoms with Crippen molar-refractivity contribution in [1.82, 2.24) is 10.2 Å². The van der Waals surface area contributed by atoms with Gasteiger partial charge in [-0.05, 0) is 35.7 Å². The van der Waals surface area contributed by atoms with Crippen molar-refractivity contribution in [2.45, 2.75) is 0 Å². The van der Waals surface area contributed by atoms with Crippen molar-refractivity contribution in [1.29, 1.82) is 0 Å². The summed E-state index contributed by atoms with van der Waals surface area (Å²) in [6, 6.07) is 7.90. The first-order chi connectivity index (χ1) is 6.45. The average Bonchev–Trinajstić information content (AvgIpc) is 2.69. The van der Waals surface area contributed by atoms with E-state index in [0.717, 1.165) is 5.69 Å². The monoisotopic (exact) mass is 188 g/mol. The van der Waals surface area contributed by atoms with E-state index in [1.165, 1.54) is 4.88 Å². The molecular weight excluding hydrogens is 180 g/mol. The van der Waals surface area contributed by atoms with Gasteiger partial charge in [-0.3, -0.25) is 0 Å². The van der Waals surface area contributed by atoms with Gasteiger partial charge in [0.25, 0.3) is 0 Å². The molecule has 0 saturated heterocycles. The summed E-state index contributed by atoms with van der Waals surface area (Å²) in [4.78, 5) is 1.23. The van der Waals surface area contributed by atoms with Gasteiger partial charge in [0.15, 0.2) is 0 Å². The van der Waals surface area contributed by atoms with Crippen molar-refractivity contribution >= 4 is 23.5 Å². The Morgan fingerprint density at radius 2 is 2.15 bits per heavy atom. The second-order valence-electron chi connectivity index (χ2n) is 2.50. The lowest BCUT2D eigenvalue weighted by Gasteiger charge is -1.87. The molecule has 0 aliphatic heterocycles. The highest BCUT2D eigenvalue weighted by Crippen LogP contribution is 2.11. The number of thiophene rings is 1. The second kappa shape index (κ2) is 3.96. The molecule has 2 aromatic heterocycles. The molecule has 2 nitrogen and oxygen atoms in total. The van der Waals surface area contributed by atoms with E-state index in [4.69, 9.17) is 0 Å². The Labute approximate surface area is 80.6 Å². The van der Waals surface area contributed by atoms with Gasteiger partial charge in [0.05, 0.1) is 5.69 Å². The molecule has 0 aromatic carbocycles. The van der Waals surface area contributed by atoms with Crippen LogP contribution in [0.5, 0.6) is 0 Å². The fourth-order valence-corrected chi connectivity index (χ4v) is 1.57. The van der Waals surface area contributed by atoms with Crippen LogP contribution in [0.1, 0.15) is 10.6 Å². The molecular formula is C10H8N2S. The van der Waals surface area contributed by atoms with Gasteiger partial charge in [0.2, 0.25) is 0 Å². The molecule has 64 valence electrons. The summed E-state index contributed by atoms with van der Waals surface area (Å²) < 4.78 is 0. The smallest absolute Gasteiger partial charge is 0.0857 e. The van der Waals surface area contributed by atoms with Gasteiger partial charge in [-0.2, -0.15) is 10.2 Å². The van der Waals surface area contributed by atoms with Crippen LogP contribution in [-0.4, -0.2) is 10.2 Å². The topological polar surface area (TPSA) is 25.8 Å². The molecule has 0 radical (unpaired) electrons. The van der Waals surface area contributed by atoms with E-state index in [-0.39, 0.29) is 0 Å². The van der Waals surface area contributed by atoms with Gasteiger partial charge in [0, 0.05) is 11.1 Å². The van der Waals surface area contributed by atoms with E-state index in [1.807, 2.05) is 30.4 Å². The lowest BCUT2D eigenvalue weighted by Crippen LogP contribution is -1.81. The Hall–Kier alpha value is -1.48. The van der Waals surface area contributed by atoms with Gasteiger partial charge in [-0.15, -0.1) is 11.3 Å². The average molecular weight is 188 g/mol. The first kappa shape index (κ1) is 8.13. The summed E-state index contributed by atoms with van der Waals surface area (Å²) in [7, 11) is 0. The van der Waals surface area contributed by atoms with Crippen LogP contribution in [0.2, 0.25) is 0 Å². The molecule has 0 aliphatic carbocycles. The van der Waals surface area contributed by atoms with Crippen LogP contribution in [0.15, 0.2) is 35.8 Å². The summed E-state index contributed by atoms with van der Waals surface area (Å²) in [6.07, 6.45) is 5.66. The Morgan fingerprint density at radius 1 is 1.15 bits per heavy atom. The Balaban J connectivity index is 2.15. The summed E-state index contributed by atoms with van der Waals surface area (Å²) in [5, 5.41) is 9.78. The standard InChI is InChI=1S/C10H8N2S/c1-3-9(12-11-7-1)5-6-10-4-2-8-13-10/h1-8H/b6-5+. The Morgan fingerprint density at radius 3 is 2.85 bits per heavy atom. The van der Waals surface area contributed by atoms with Crippen molar-refractivity contribution in [3.8, 4) is 0 Å². The van der Waals surface area contributed by atoms with Crippen molar-refractivity contribution in [3.05, 3.63) is 46.4 Å². The first-order valence-corrected chi connectivity index (χ1v) is 4.82. The molecule has 0 fully saturated rings. The summed E-state index contributed by atoms with van der Waals surface area (Å²) in [5.74, 6) is 0. The van der Waals surface area contributed by atoms with E-state index in [2.05, 4.69) is 21.6 Å². The fraction of sp³-hybridized carbons (Fsp3) is 0. The van der Waals surface area contributed by atoms with E-state index in [1.54, 1.807) is 17.5 Å². The highest BCUT2D eigenvalue weighted by Gasteiger charge is 1.87. The summed E-state index contributed by atoms with van der Waals surface area (Å²) in [5.41, 5.74) is 0.885. The lowest BCUT2D eigenvalue weighted by atomic mass is 10.3. The molecule has 0 atom stereocenters. The fourth-order valence-electron chi connectivity index (χ4n) is 0.956. The maximum Gasteiger partial charge on any atom is 0.0857 e. The van der Waals surface area contributed by atoms with Crippen LogP contribution in [0.4, 0.5) is 0 Å². The molecule has 0 saturated carbocycles. The molecule has 3 heteroatoms. The summed E-state index contributed by atoms with van der Waals surface area (Å²) >= 11 is 1.71. The zero-order valence-corrected chi connectivity index (χ0v) is 7.74. The lowest BCUT2D eigenvalue weighted by molar-refractivity contribution is 1.02. The predicted molar refractivity (Wildman–Crippen MR) is 55.3 cm³/mol. The number of aromatic nitrogens is 2. The highest BCUT2D eigenvalue weighted by molar-refractivity contribution is 7.10. The largest absolute Gasteiger partial charge is 0.159 e. The third-order valence-electron chi connectivity index (χ3n) is 1.55. The number of nitrogens with zero attached hydrogens (tertiary/aromatic N) is 2. The quantitative estimate of drug-likeness (QED) is 0.724. The minimum Gasteiger partial charge on any atom is -0.159 e. The molecule has 13 heavy (non-hydrogen) atoms.